The summed E-state index contributed by atoms with van der Waals surface area (Å²) in [5.74, 6) is 0.286. The zero-order valence-corrected chi connectivity index (χ0v) is 11.4. The molecule has 0 aliphatic rings. The van der Waals surface area contributed by atoms with Crippen LogP contribution in [0.25, 0.3) is 0 Å². The average Bonchev–Trinajstić information content (AvgIpc) is 2.02. The molecule has 2 N–H and O–H groups in total. The van der Waals surface area contributed by atoms with Crippen molar-refractivity contribution in [1.82, 2.24) is 4.31 Å². The maximum Gasteiger partial charge on any atom is 0.223 e. The van der Waals surface area contributed by atoms with Gasteiger partial charge in [0, 0.05) is 13.6 Å². The number of nitrogens with zero attached hydrogens (tertiary/aromatic N) is 1. The van der Waals surface area contributed by atoms with Gasteiger partial charge in [-0.1, -0.05) is 33.0 Å². The van der Waals surface area contributed by atoms with Gasteiger partial charge in [-0.05, 0) is 12.3 Å². The van der Waals surface area contributed by atoms with Crippen molar-refractivity contribution in [1.29, 1.82) is 0 Å². The molecule has 1 atom stereocenters. The van der Waals surface area contributed by atoms with Crippen molar-refractivity contribution in [3.63, 3.8) is 0 Å². The van der Waals surface area contributed by atoms with Crippen LogP contribution in [0.5, 0.6) is 0 Å². The zero-order chi connectivity index (χ0) is 12.2. The third-order valence-electron chi connectivity index (χ3n) is 2.10. The van der Waals surface area contributed by atoms with Crippen molar-refractivity contribution in [2.45, 2.75) is 32.4 Å². The molecule has 0 heterocycles. The maximum atomic E-state index is 12.0. The molecular formula is C9H20N2O2S2. The Hall–Kier alpha value is -0.200. The third-order valence-corrected chi connectivity index (χ3v) is 4.86. The highest BCUT2D eigenvalue weighted by Gasteiger charge is 2.30. The van der Waals surface area contributed by atoms with Crippen molar-refractivity contribution in [3.05, 3.63) is 0 Å². The Kier molecular flexibility index (Phi) is 5.69. The minimum absolute atomic E-state index is 0.0492. The number of rotatable bonds is 6. The number of sulfonamides is 1. The van der Waals surface area contributed by atoms with E-state index >= 15 is 0 Å². The second kappa shape index (κ2) is 5.77. The molecule has 90 valence electrons. The molecule has 4 nitrogen and oxygen atoms in total. The second-order valence-electron chi connectivity index (χ2n) is 4.02. The van der Waals surface area contributed by atoms with Crippen LogP contribution >= 0.6 is 12.2 Å². The van der Waals surface area contributed by atoms with Crippen molar-refractivity contribution >= 4 is 27.2 Å². The van der Waals surface area contributed by atoms with E-state index in [2.05, 4.69) is 0 Å². The molecule has 0 radical (unpaired) electrons. The molecule has 0 fully saturated rings. The van der Waals surface area contributed by atoms with E-state index in [9.17, 15) is 8.42 Å². The summed E-state index contributed by atoms with van der Waals surface area (Å²) in [4.78, 5) is 0.0492. The topological polar surface area (TPSA) is 63.4 Å². The summed E-state index contributed by atoms with van der Waals surface area (Å²) in [5, 5.41) is -0.740. The van der Waals surface area contributed by atoms with Crippen LogP contribution in [-0.4, -0.2) is 36.6 Å². The first-order chi connectivity index (χ1) is 6.73. The first-order valence-electron chi connectivity index (χ1n) is 4.97. The summed E-state index contributed by atoms with van der Waals surface area (Å²) < 4.78 is 25.3. The third kappa shape index (κ3) is 4.04. The van der Waals surface area contributed by atoms with Crippen LogP contribution < -0.4 is 5.73 Å². The van der Waals surface area contributed by atoms with Gasteiger partial charge in [-0.15, -0.1) is 0 Å². The van der Waals surface area contributed by atoms with Crippen LogP contribution in [0.4, 0.5) is 0 Å². The number of nitrogens with two attached hydrogens (primary N) is 1. The molecule has 6 heteroatoms. The molecule has 0 amide bonds. The lowest BCUT2D eigenvalue weighted by atomic mass is 10.2. The number of hydrogen-bond donors (Lipinski definition) is 1. The van der Waals surface area contributed by atoms with Crippen LogP contribution in [0.15, 0.2) is 0 Å². The average molecular weight is 252 g/mol. The van der Waals surface area contributed by atoms with E-state index in [4.69, 9.17) is 18.0 Å². The van der Waals surface area contributed by atoms with E-state index < -0.39 is 15.3 Å². The fourth-order valence-corrected chi connectivity index (χ4v) is 3.58. The smallest absolute Gasteiger partial charge is 0.223 e. The van der Waals surface area contributed by atoms with Crippen molar-refractivity contribution < 1.29 is 8.42 Å². The fourth-order valence-electron chi connectivity index (χ4n) is 1.39. The summed E-state index contributed by atoms with van der Waals surface area (Å²) in [6.07, 6.45) is 0.417. The van der Waals surface area contributed by atoms with Gasteiger partial charge in [0.05, 0.1) is 4.99 Å². The Morgan fingerprint density at radius 2 is 1.93 bits per heavy atom. The monoisotopic (exact) mass is 252 g/mol. The van der Waals surface area contributed by atoms with E-state index in [-0.39, 0.29) is 10.9 Å². The number of thiocarbonyl (C=S) groups is 1. The standard InChI is InChI=1S/C9H20N2O2S2/c1-5-8(9(10)14)15(12,13)11(4)6-7(2)3/h7-8H,5-6H2,1-4H3,(H2,10,14). The predicted molar refractivity (Wildman–Crippen MR) is 67.3 cm³/mol. The normalized spacial score (nSPS) is 14.5. The molecule has 0 rings (SSSR count). The number of hydrogen-bond acceptors (Lipinski definition) is 3. The molecule has 0 saturated carbocycles. The Morgan fingerprint density at radius 1 is 1.47 bits per heavy atom. The maximum absolute atomic E-state index is 12.0. The largest absolute Gasteiger partial charge is 0.392 e. The summed E-state index contributed by atoms with van der Waals surface area (Å²) in [6.45, 7) is 6.19. The molecule has 0 bridgehead atoms. The Labute approximate surface area is 97.9 Å². The van der Waals surface area contributed by atoms with Gasteiger partial charge in [0.2, 0.25) is 10.0 Å². The van der Waals surface area contributed by atoms with Crippen molar-refractivity contribution in [2.75, 3.05) is 13.6 Å². The van der Waals surface area contributed by atoms with Crippen LogP contribution in [0.1, 0.15) is 27.2 Å². The van der Waals surface area contributed by atoms with Gasteiger partial charge in [-0.3, -0.25) is 0 Å². The molecular weight excluding hydrogens is 232 g/mol. The van der Waals surface area contributed by atoms with Crippen molar-refractivity contribution in [3.8, 4) is 0 Å². The second-order valence-corrected chi connectivity index (χ2v) is 6.71. The Balaban J connectivity index is 4.87. The molecule has 0 aromatic carbocycles. The van der Waals surface area contributed by atoms with Gasteiger partial charge >= 0.3 is 0 Å². The van der Waals surface area contributed by atoms with Gasteiger partial charge in [0.25, 0.3) is 0 Å². The lowest BCUT2D eigenvalue weighted by molar-refractivity contribution is 0.414. The summed E-state index contributed by atoms with van der Waals surface area (Å²) in [6, 6.07) is 0. The highest BCUT2D eigenvalue weighted by molar-refractivity contribution is 7.92. The zero-order valence-electron chi connectivity index (χ0n) is 9.73. The van der Waals surface area contributed by atoms with Gasteiger partial charge < -0.3 is 5.73 Å². The SMILES string of the molecule is CCC(C(N)=S)S(=O)(=O)N(C)CC(C)C. The minimum atomic E-state index is -3.38. The van der Waals surface area contributed by atoms with Gasteiger partial charge in [0.15, 0.2) is 0 Å². The van der Waals surface area contributed by atoms with Crippen LogP contribution in [0, 0.1) is 5.92 Å². The van der Waals surface area contributed by atoms with Crippen LogP contribution in [-0.2, 0) is 10.0 Å². The summed E-state index contributed by atoms with van der Waals surface area (Å²) in [5.41, 5.74) is 5.43. The molecule has 0 aliphatic heterocycles. The Bertz CT molecular complexity index is 312. The fraction of sp³-hybridized carbons (Fsp3) is 0.889. The first-order valence-corrected chi connectivity index (χ1v) is 6.89. The van der Waals surface area contributed by atoms with Crippen LogP contribution in [0.3, 0.4) is 0 Å². The summed E-state index contributed by atoms with van der Waals surface area (Å²) >= 11 is 4.77. The van der Waals surface area contributed by atoms with E-state index in [1.165, 1.54) is 4.31 Å². The molecule has 0 aliphatic carbocycles. The lowest BCUT2D eigenvalue weighted by Gasteiger charge is -2.24. The van der Waals surface area contributed by atoms with Crippen molar-refractivity contribution in [2.24, 2.45) is 11.7 Å². The van der Waals surface area contributed by atoms with Gasteiger partial charge in [0.1, 0.15) is 5.25 Å². The first kappa shape index (κ1) is 14.8. The van der Waals surface area contributed by atoms with E-state index in [0.29, 0.717) is 13.0 Å². The van der Waals surface area contributed by atoms with Crippen LogP contribution in [0.2, 0.25) is 0 Å². The quantitative estimate of drug-likeness (QED) is 0.715. The van der Waals surface area contributed by atoms with Gasteiger partial charge in [-0.25, -0.2) is 12.7 Å². The predicted octanol–water partition coefficient (Wildman–Crippen LogP) is 0.969. The van der Waals surface area contributed by atoms with E-state index in [1.54, 1.807) is 14.0 Å². The highest BCUT2D eigenvalue weighted by atomic mass is 32.2. The molecule has 0 aromatic rings. The van der Waals surface area contributed by atoms with E-state index in [0.717, 1.165) is 0 Å². The summed E-state index contributed by atoms with van der Waals surface area (Å²) in [7, 11) is -1.81. The molecule has 1 unspecified atom stereocenters. The molecule has 0 spiro atoms. The lowest BCUT2D eigenvalue weighted by Crippen LogP contribution is -2.43. The molecule has 0 saturated heterocycles. The molecule has 15 heavy (non-hydrogen) atoms. The highest BCUT2D eigenvalue weighted by Crippen LogP contribution is 2.13. The Morgan fingerprint density at radius 3 is 2.20 bits per heavy atom. The van der Waals surface area contributed by atoms with Gasteiger partial charge in [-0.2, -0.15) is 0 Å². The van der Waals surface area contributed by atoms with E-state index in [1.807, 2.05) is 13.8 Å². The minimum Gasteiger partial charge on any atom is -0.392 e. The molecule has 0 aromatic heterocycles.